The van der Waals surface area contributed by atoms with Crippen molar-refractivity contribution in [2.75, 3.05) is 13.1 Å². The van der Waals surface area contributed by atoms with E-state index in [9.17, 15) is 0 Å². The fourth-order valence-electron chi connectivity index (χ4n) is 2.86. The minimum absolute atomic E-state index is 0.608. The van der Waals surface area contributed by atoms with Crippen LogP contribution in [0, 0.1) is 0 Å². The maximum Gasteiger partial charge on any atom is 0.0948 e. The van der Waals surface area contributed by atoms with Crippen LogP contribution in [-0.4, -0.2) is 22.6 Å². The van der Waals surface area contributed by atoms with Gasteiger partial charge in [0.25, 0.3) is 0 Å². The topological polar surface area (TPSA) is 29.9 Å². The van der Waals surface area contributed by atoms with Crippen molar-refractivity contribution in [2.45, 2.75) is 31.7 Å². The maximum atomic E-state index is 5.92. The van der Waals surface area contributed by atoms with Crippen LogP contribution in [0.15, 0.2) is 36.8 Å². The lowest BCUT2D eigenvalue weighted by molar-refractivity contribution is 0.440. The highest BCUT2D eigenvalue weighted by atomic mass is 35.5. The molecule has 1 atom stereocenters. The largest absolute Gasteiger partial charge is 0.334 e. The zero-order chi connectivity index (χ0) is 13.8. The highest BCUT2D eigenvalue weighted by Gasteiger charge is 2.18. The minimum Gasteiger partial charge on any atom is -0.334 e. The summed E-state index contributed by atoms with van der Waals surface area (Å²) in [5.41, 5.74) is 2.68. The summed E-state index contributed by atoms with van der Waals surface area (Å²) < 4.78 is 2.30. The summed E-state index contributed by atoms with van der Waals surface area (Å²) >= 11 is 5.92. The van der Waals surface area contributed by atoms with Gasteiger partial charge >= 0.3 is 0 Å². The zero-order valence-corrected chi connectivity index (χ0v) is 12.3. The predicted molar refractivity (Wildman–Crippen MR) is 82.2 cm³/mol. The molecule has 0 bridgehead atoms. The van der Waals surface area contributed by atoms with Crippen molar-refractivity contribution in [2.24, 2.45) is 0 Å². The SMILES string of the molecule is Clc1ccc(CCn2cncc2C2CCCNC2)cc1. The average Bonchev–Trinajstić information content (AvgIpc) is 2.96. The Bertz CT molecular complexity index is 541. The van der Waals surface area contributed by atoms with Crippen molar-refractivity contribution in [3.05, 3.63) is 53.1 Å². The fourth-order valence-corrected chi connectivity index (χ4v) is 2.99. The second-order valence-corrected chi connectivity index (χ2v) is 5.87. The second kappa shape index (κ2) is 6.42. The number of aromatic nitrogens is 2. The van der Waals surface area contributed by atoms with E-state index in [1.54, 1.807) is 0 Å². The zero-order valence-electron chi connectivity index (χ0n) is 11.6. The number of rotatable bonds is 4. The highest BCUT2D eigenvalue weighted by Crippen LogP contribution is 2.23. The van der Waals surface area contributed by atoms with Crippen LogP contribution in [-0.2, 0) is 13.0 Å². The van der Waals surface area contributed by atoms with Crippen LogP contribution in [0.25, 0.3) is 0 Å². The molecule has 0 aliphatic carbocycles. The number of nitrogens with zero attached hydrogens (tertiary/aromatic N) is 2. The Balaban J connectivity index is 1.65. The standard InChI is InChI=1S/C16H20ClN3/c17-15-5-3-13(4-6-15)7-9-20-12-19-11-16(20)14-2-1-8-18-10-14/h3-6,11-12,14,18H,1-2,7-10H2. The molecule has 20 heavy (non-hydrogen) atoms. The number of nitrogens with one attached hydrogen (secondary N) is 1. The second-order valence-electron chi connectivity index (χ2n) is 5.43. The first-order chi connectivity index (χ1) is 9.83. The van der Waals surface area contributed by atoms with Gasteiger partial charge in [0.05, 0.1) is 6.33 Å². The summed E-state index contributed by atoms with van der Waals surface area (Å²) in [7, 11) is 0. The molecule has 1 aromatic carbocycles. The Labute approximate surface area is 125 Å². The molecule has 1 aliphatic rings. The van der Waals surface area contributed by atoms with Crippen LogP contribution in [0.1, 0.15) is 30.0 Å². The van der Waals surface area contributed by atoms with Crippen LogP contribution in [0.5, 0.6) is 0 Å². The molecule has 1 fully saturated rings. The molecule has 0 amide bonds. The van der Waals surface area contributed by atoms with E-state index in [0.29, 0.717) is 5.92 Å². The molecule has 1 aromatic heterocycles. The summed E-state index contributed by atoms with van der Waals surface area (Å²) in [4.78, 5) is 4.34. The van der Waals surface area contributed by atoms with Gasteiger partial charge in [0.15, 0.2) is 0 Å². The van der Waals surface area contributed by atoms with Crippen molar-refractivity contribution in [1.82, 2.24) is 14.9 Å². The van der Waals surface area contributed by atoms with E-state index in [0.717, 1.165) is 31.1 Å². The van der Waals surface area contributed by atoms with Crippen molar-refractivity contribution >= 4 is 11.6 Å². The normalized spacial score (nSPS) is 19.1. The summed E-state index contributed by atoms with van der Waals surface area (Å²) in [6.07, 6.45) is 7.52. The molecule has 0 radical (unpaired) electrons. The van der Waals surface area contributed by atoms with Gasteiger partial charge in [0.2, 0.25) is 0 Å². The molecule has 2 heterocycles. The van der Waals surface area contributed by atoms with Gasteiger partial charge in [-0.25, -0.2) is 4.98 Å². The average molecular weight is 290 g/mol. The summed E-state index contributed by atoms with van der Waals surface area (Å²) in [6.45, 7) is 3.20. The number of hydrogen-bond donors (Lipinski definition) is 1. The van der Waals surface area contributed by atoms with E-state index < -0.39 is 0 Å². The Morgan fingerprint density at radius 2 is 2.15 bits per heavy atom. The number of halogens is 1. The van der Waals surface area contributed by atoms with Gasteiger partial charge in [-0.1, -0.05) is 23.7 Å². The minimum atomic E-state index is 0.608. The molecule has 0 saturated carbocycles. The number of hydrogen-bond acceptors (Lipinski definition) is 2. The van der Waals surface area contributed by atoms with E-state index in [-0.39, 0.29) is 0 Å². The van der Waals surface area contributed by atoms with E-state index >= 15 is 0 Å². The smallest absolute Gasteiger partial charge is 0.0948 e. The number of piperidine rings is 1. The van der Waals surface area contributed by atoms with Crippen LogP contribution < -0.4 is 5.32 Å². The number of benzene rings is 1. The van der Waals surface area contributed by atoms with Gasteiger partial charge in [-0.3, -0.25) is 0 Å². The van der Waals surface area contributed by atoms with E-state index in [1.807, 2.05) is 24.7 Å². The number of imidazole rings is 1. The van der Waals surface area contributed by atoms with Crippen LogP contribution in [0.4, 0.5) is 0 Å². The summed E-state index contributed by atoms with van der Waals surface area (Å²) in [5, 5.41) is 4.27. The molecule has 4 heteroatoms. The third-order valence-electron chi connectivity index (χ3n) is 4.01. The molecule has 106 valence electrons. The Morgan fingerprint density at radius 3 is 2.90 bits per heavy atom. The van der Waals surface area contributed by atoms with Crippen LogP contribution in [0.2, 0.25) is 5.02 Å². The Morgan fingerprint density at radius 1 is 1.30 bits per heavy atom. The third kappa shape index (κ3) is 3.22. The summed E-state index contributed by atoms with van der Waals surface area (Å²) in [5.74, 6) is 0.608. The molecular weight excluding hydrogens is 270 g/mol. The van der Waals surface area contributed by atoms with Gasteiger partial charge in [0, 0.05) is 35.9 Å². The molecule has 0 spiro atoms. The lowest BCUT2D eigenvalue weighted by Gasteiger charge is -2.23. The summed E-state index contributed by atoms with van der Waals surface area (Å²) in [6, 6.07) is 8.11. The molecule has 1 N–H and O–H groups in total. The first-order valence-electron chi connectivity index (χ1n) is 7.28. The molecule has 1 aliphatic heterocycles. The molecular formula is C16H20ClN3. The molecule has 3 nitrogen and oxygen atoms in total. The van der Waals surface area contributed by atoms with Crippen molar-refractivity contribution in [1.29, 1.82) is 0 Å². The highest BCUT2D eigenvalue weighted by molar-refractivity contribution is 6.30. The first kappa shape index (κ1) is 13.7. The van der Waals surface area contributed by atoms with Crippen molar-refractivity contribution in [3.63, 3.8) is 0 Å². The number of aryl methyl sites for hydroxylation is 2. The first-order valence-corrected chi connectivity index (χ1v) is 7.66. The lowest BCUT2D eigenvalue weighted by atomic mass is 9.96. The van der Waals surface area contributed by atoms with E-state index in [1.165, 1.54) is 24.1 Å². The predicted octanol–water partition coefficient (Wildman–Crippen LogP) is 3.25. The van der Waals surface area contributed by atoms with Gasteiger partial charge < -0.3 is 9.88 Å². The quantitative estimate of drug-likeness (QED) is 0.936. The van der Waals surface area contributed by atoms with E-state index in [4.69, 9.17) is 11.6 Å². The van der Waals surface area contributed by atoms with Gasteiger partial charge in [-0.05, 0) is 43.5 Å². The van der Waals surface area contributed by atoms with Crippen molar-refractivity contribution < 1.29 is 0 Å². The fraction of sp³-hybridized carbons (Fsp3) is 0.438. The molecule has 1 saturated heterocycles. The molecule has 3 rings (SSSR count). The monoisotopic (exact) mass is 289 g/mol. The lowest BCUT2D eigenvalue weighted by Crippen LogP contribution is -2.29. The third-order valence-corrected chi connectivity index (χ3v) is 4.27. The van der Waals surface area contributed by atoms with Crippen LogP contribution >= 0.6 is 11.6 Å². The van der Waals surface area contributed by atoms with Gasteiger partial charge in [-0.15, -0.1) is 0 Å². The Kier molecular flexibility index (Phi) is 4.38. The van der Waals surface area contributed by atoms with E-state index in [2.05, 4.69) is 27.0 Å². The van der Waals surface area contributed by atoms with Gasteiger partial charge in [0.1, 0.15) is 0 Å². The molecule has 2 aromatic rings. The van der Waals surface area contributed by atoms with Crippen molar-refractivity contribution in [3.8, 4) is 0 Å². The maximum absolute atomic E-state index is 5.92. The Hall–Kier alpha value is -1.32. The van der Waals surface area contributed by atoms with Crippen LogP contribution in [0.3, 0.4) is 0 Å². The molecule has 1 unspecified atom stereocenters. The van der Waals surface area contributed by atoms with Gasteiger partial charge in [-0.2, -0.15) is 0 Å².